The van der Waals surface area contributed by atoms with Crippen LogP contribution in [-0.2, 0) is 4.74 Å². The zero-order chi connectivity index (χ0) is 10.7. The molecule has 1 aromatic rings. The topological polar surface area (TPSA) is 21.3 Å². The number of hydrogen-bond donors (Lipinski definition) is 1. The highest BCUT2D eigenvalue weighted by molar-refractivity contribution is 5.45. The third-order valence-corrected chi connectivity index (χ3v) is 2.47. The number of rotatable bonds is 2. The summed E-state index contributed by atoms with van der Waals surface area (Å²) in [6.45, 7) is 1.31. The van der Waals surface area contributed by atoms with Crippen molar-refractivity contribution in [1.29, 1.82) is 0 Å². The van der Waals surface area contributed by atoms with Crippen LogP contribution in [-0.4, -0.2) is 19.3 Å². The Hall–Kier alpha value is -1.16. The molecule has 1 heterocycles. The van der Waals surface area contributed by atoms with E-state index in [1.54, 1.807) is 0 Å². The molecule has 0 saturated carbocycles. The molecule has 0 amide bonds. The molecule has 1 N–H and O–H groups in total. The molecule has 1 saturated heterocycles. The first kappa shape index (κ1) is 10.4. The van der Waals surface area contributed by atoms with Gasteiger partial charge in [0.2, 0.25) is 0 Å². The number of benzene rings is 1. The molecule has 2 nitrogen and oxygen atoms in total. The minimum Gasteiger partial charge on any atom is -0.379 e. The van der Waals surface area contributed by atoms with E-state index in [9.17, 15) is 8.78 Å². The zero-order valence-corrected chi connectivity index (χ0v) is 8.30. The van der Waals surface area contributed by atoms with Gasteiger partial charge in [-0.1, -0.05) is 6.07 Å². The lowest BCUT2D eigenvalue weighted by atomic mass is 10.1. The Labute approximate surface area is 87.2 Å². The van der Waals surface area contributed by atoms with Crippen LogP contribution in [0.5, 0.6) is 0 Å². The SMILES string of the molecule is Fc1cccc(NC2CCCOC2)c1F. The van der Waals surface area contributed by atoms with Gasteiger partial charge in [0.1, 0.15) is 0 Å². The van der Waals surface area contributed by atoms with E-state index in [-0.39, 0.29) is 11.7 Å². The monoisotopic (exact) mass is 213 g/mol. The first-order chi connectivity index (χ1) is 7.27. The number of ether oxygens (including phenoxy) is 1. The summed E-state index contributed by atoms with van der Waals surface area (Å²) in [6, 6.07) is 4.21. The first-order valence-corrected chi connectivity index (χ1v) is 5.05. The Bertz CT molecular complexity index is 337. The standard InChI is InChI=1S/C11H13F2NO/c12-9-4-1-5-10(11(9)13)14-8-3-2-6-15-7-8/h1,4-5,8,14H,2-3,6-7H2. The molecule has 1 aliphatic heterocycles. The van der Waals surface area contributed by atoms with Crippen molar-refractivity contribution < 1.29 is 13.5 Å². The third kappa shape index (κ3) is 2.45. The van der Waals surface area contributed by atoms with Crippen molar-refractivity contribution in [3.05, 3.63) is 29.8 Å². The summed E-state index contributed by atoms with van der Waals surface area (Å²) in [6.07, 6.45) is 1.88. The number of hydrogen-bond acceptors (Lipinski definition) is 2. The molecule has 4 heteroatoms. The van der Waals surface area contributed by atoms with Gasteiger partial charge in [-0.2, -0.15) is 0 Å². The van der Waals surface area contributed by atoms with Gasteiger partial charge in [-0.05, 0) is 25.0 Å². The van der Waals surface area contributed by atoms with E-state index >= 15 is 0 Å². The fraction of sp³-hybridized carbons (Fsp3) is 0.455. The zero-order valence-electron chi connectivity index (χ0n) is 8.30. The maximum absolute atomic E-state index is 13.3. The second-order valence-electron chi connectivity index (χ2n) is 3.66. The van der Waals surface area contributed by atoms with Crippen LogP contribution < -0.4 is 5.32 Å². The quantitative estimate of drug-likeness (QED) is 0.815. The van der Waals surface area contributed by atoms with Gasteiger partial charge in [0.15, 0.2) is 11.6 Å². The van der Waals surface area contributed by atoms with Crippen molar-refractivity contribution in [2.24, 2.45) is 0 Å². The van der Waals surface area contributed by atoms with Crippen LogP contribution in [0.1, 0.15) is 12.8 Å². The van der Waals surface area contributed by atoms with E-state index in [0.717, 1.165) is 25.5 Å². The molecule has 2 rings (SSSR count). The van der Waals surface area contributed by atoms with Gasteiger partial charge >= 0.3 is 0 Å². The van der Waals surface area contributed by atoms with E-state index in [0.29, 0.717) is 6.61 Å². The Morgan fingerprint density at radius 2 is 2.20 bits per heavy atom. The van der Waals surface area contributed by atoms with Crippen LogP contribution >= 0.6 is 0 Å². The first-order valence-electron chi connectivity index (χ1n) is 5.05. The Kier molecular flexibility index (Phi) is 3.16. The fourth-order valence-electron chi connectivity index (χ4n) is 1.69. The minimum absolute atomic E-state index is 0.0787. The van der Waals surface area contributed by atoms with E-state index in [2.05, 4.69) is 5.32 Å². The van der Waals surface area contributed by atoms with Crippen LogP contribution in [0, 0.1) is 11.6 Å². The van der Waals surface area contributed by atoms with Gasteiger partial charge < -0.3 is 10.1 Å². The average molecular weight is 213 g/mol. The predicted octanol–water partition coefficient (Wildman–Crippen LogP) is 2.56. The molecule has 82 valence electrons. The summed E-state index contributed by atoms with van der Waals surface area (Å²) in [7, 11) is 0. The third-order valence-electron chi connectivity index (χ3n) is 2.47. The van der Waals surface area contributed by atoms with Crippen molar-refractivity contribution >= 4 is 5.69 Å². The molecular formula is C11H13F2NO. The summed E-state index contributed by atoms with van der Waals surface area (Å²) in [5.41, 5.74) is 0.213. The van der Waals surface area contributed by atoms with Gasteiger partial charge in [0, 0.05) is 12.6 Å². The second kappa shape index (κ2) is 4.57. The fourth-order valence-corrected chi connectivity index (χ4v) is 1.69. The van der Waals surface area contributed by atoms with E-state index < -0.39 is 11.6 Å². The summed E-state index contributed by atoms with van der Waals surface area (Å²) in [5.74, 6) is -1.64. The van der Waals surface area contributed by atoms with Crippen molar-refractivity contribution in [1.82, 2.24) is 0 Å². The maximum atomic E-state index is 13.3. The molecule has 0 radical (unpaired) electrons. The van der Waals surface area contributed by atoms with Crippen LogP contribution in [0.2, 0.25) is 0 Å². The molecule has 1 atom stereocenters. The Balaban J connectivity index is 2.06. The lowest BCUT2D eigenvalue weighted by molar-refractivity contribution is 0.0875. The molecule has 1 aromatic carbocycles. The van der Waals surface area contributed by atoms with Crippen molar-refractivity contribution in [2.45, 2.75) is 18.9 Å². The van der Waals surface area contributed by atoms with Crippen LogP contribution in [0.4, 0.5) is 14.5 Å². The molecule has 1 unspecified atom stereocenters. The molecule has 0 bridgehead atoms. The second-order valence-corrected chi connectivity index (χ2v) is 3.66. The lowest BCUT2D eigenvalue weighted by Crippen LogP contribution is -2.30. The minimum atomic E-state index is -0.822. The van der Waals surface area contributed by atoms with Crippen LogP contribution in [0.3, 0.4) is 0 Å². The summed E-state index contributed by atoms with van der Waals surface area (Å²) < 4.78 is 31.4. The largest absolute Gasteiger partial charge is 0.379 e. The molecular weight excluding hydrogens is 200 g/mol. The van der Waals surface area contributed by atoms with Gasteiger partial charge in [0.25, 0.3) is 0 Å². The molecule has 0 aliphatic carbocycles. The number of nitrogens with one attached hydrogen (secondary N) is 1. The van der Waals surface area contributed by atoms with Gasteiger partial charge in [-0.15, -0.1) is 0 Å². The Morgan fingerprint density at radius 1 is 1.33 bits per heavy atom. The van der Waals surface area contributed by atoms with E-state index in [4.69, 9.17) is 4.74 Å². The molecule has 15 heavy (non-hydrogen) atoms. The van der Waals surface area contributed by atoms with Crippen molar-refractivity contribution in [2.75, 3.05) is 18.5 Å². The average Bonchev–Trinajstić information content (AvgIpc) is 2.26. The number of anilines is 1. The highest BCUT2D eigenvalue weighted by atomic mass is 19.2. The summed E-state index contributed by atoms with van der Waals surface area (Å²) in [5, 5.41) is 2.95. The molecule has 1 fully saturated rings. The van der Waals surface area contributed by atoms with Crippen LogP contribution in [0.15, 0.2) is 18.2 Å². The van der Waals surface area contributed by atoms with Crippen molar-refractivity contribution in [3.63, 3.8) is 0 Å². The van der Waals surface area contributed by atoms with Crippen LogP contribution in [0.25, 0.3) is 0 Å². The smallest absolute Gasteiger partial charge is 0.181 e. The summed E-state index contributed by atoms with van der Waals surface area (Å²) >= 11 is 0. The molecule has 1 aliphatic rings. The van der Waals surface area contributed by atoms with Gasteiger partial charge in [0.05, 0.1) is 12.3 Å². The number of halogens is 2. The summed E-state index contributed by atoms with van der Waals surface area (Å²) in [4.78, 5) is 0. The highest BCUT2D eigenvalue weighted by Crippen LogP contribution is 2.19. The van der Waals surface area contributed by atoms with E-state index in [1.165, 1.54) is 12.1 Å². The highest BCUT2D eigenvalue weighted by Gasteiger charge is 2.16. The van der Waals surface area contributed by atoms with Gasteiger partial charge in [-0.25, -0.2) is 8.78 Å². The van der Waals surface area contributed by atoms with Crippen molar-refractivity contribution in [3.8, 4) is 0 Å². The van der Waals surface area contributed by atoms with Gasteiger partial charge in [-0.3, -0.25) is 0 Å². The van der Waals surface area contributed by atoms with E-state index in [1.807, 2.05) is 0 Å². The maximum Gasteiger partial charge on any atom is 0.181 e. The lowest BCUT2D eigenvalue weighted by Gasteiger charge is -2.24. The Morgan fingerprint density at radius 3 is 2.93 bits per heavy atom. The molecule has 0 spiro atoms. The molecule has 0 aromatic heterocycles. The normalized spacial score (nSPS) is 21.3. The predicted molar refractivity (Wildman–Crippen MR) is 53.8 cm³/mol.